The third-order valence-electron chi connectivity index (χ3n) is 4.73. The van der Waals surface area contributed by atoms with E-state index in [2.05, 4.69) is 24.3 Å². The summed E-state index contributed by atoms with van der Waals surface area (Å²) in [6.07, 6.45) is 6.08. The number of benzene rings is 1. The molecule has 130 valence electrons. The summed E-state index contributed by atoms with van der Waals surface area (Å²) in [6.45, 7) is 5.33. The van der Waals surface area contributed by atoms with Crippen LogP contribution in [0.5, 0.6) is 0 Å². The van der Waals surface area contributed by atoms with Crippen LogP contribution in [0.4, 0.5) is 5.69 Å². The Kier molecular flexibility index (Phi) is 7.15. The number of nitrogens with one attached hydrogen (secondary N) is 1. The minimum absolute atomic E-state index is 0.0585. The molecule has 0 bridgehead atoms. The van der Waals surface area contributed by atoms with E-state index in [4.69, 9.17) is 21.4 Å². The predicted octanol–water partition coefficient (Wildman–Crippen LogP) is 3.74. The highest BCUT2D eigenvalue weighted by Gasteiger charge is 2.24. The lowest BCUT2D eigenvalue weighted by Crippen LogP contribution is -2.47. The lowest BCUT2D eigenvalue weighted by Gasteiger charge is -2.36. The number of hydrazine groups is 1. The Balaban J connectivity index is 2.27. The van der Waals surface area contributed by atoms with Crippen molar-refractivity contribution in [3.8, 4) is 0 Å². The van der Waals surface area contributed by atoms with Crippen LogP contribution >= 0.6 is 11.6 Å². The fraction of sp³-hybridized carbons (Fsp3) is 0.667. The van der Waals surface area contributed by atoms with Crippen LogP contribution in [0.3, 0.4) is 0 Å². The molecule has 2 rings (SSSR count). The first-order valence-electron chi connectivity index (χ1n) is 8.57. The van der Waals surface area contributed by atoms with Gasteiger partial charge in [-0.3, -0.25) is 5.01 Å². The third-order valence-corrected chi connectivity index (χ3v) is 5.07. The van der Waals surface area contributed by atoms with Gasteiger partial charge in [0, 0.05) is 25.3 Å². The summed E-state index contributed by atoms with van der Waals surface area (Å²) in [5.41, 5.74) is 8.03. The van der Waals surface area contributed by atoms with Crippen LogP contribution in [0.2, 0.25) is 5.02 Å². The molecular weight excluding hydrogens is 312 g/mol. The highest BCUT2D eigenvalue weighted by molar-refractivity contribution is 6.31. The molecule has 0 amide bonds. The molecule has 4 nitrogen and oxygen atoms in total. The van der Waals surface area contributed by atoms with Gasteiger partial charge in [-0.2, -0.15) is 0 Å². The molecule has 1 heterocycles. The first-order valence-corrected chi connectivity index (χ1v) is 8.95. The van der Waals surface area contributed by atoms with Gasteiger partial charge in [0.05, 0.1) is 5.69 Å². The van der Waals surface area contributed by atoms with Crippen molar-refractivity contribution in [1.29, 1.82) is 0 Å². The number of ether oxygens (including phenoxy) is 1. The molecule has 0 aromatic heterocycles. The van der Waals surface area contributed by atoms with Gasteiger partial charge in [-0.1, -0.05) is 11.6 Å². The van der Waals surface area contributed by atoms with Crippen molar-refractivity contribution in [3.63, 3.8) is 0 Å². The van der Waals surface area contributed by atoms with Crippen LogP contribution in [0.15, 0.2) is 6.07 Å². The van der Waals surface area contributed by atoms with E-state index >= 15 is 0 Å². The smallest absolute Gasteiger partial charge is 0.144 e. The van der Waals surface area contributed by atoms with Crippen LogP contribution in [-0.2, 0) is 11.2 Å². The molecule has 1 atom stereocenters. The maximum Gasteiger partial charge on any atom is 0.144 e. The van der Waals surface area contributed by atoms with E-state index in [1.807, 2.05) is 13.1 Å². The van der Waals surface area contributed by atoms with E-state index in [0.717, 1.165) is 49.4 Å². The van der Waals surface area contributed by atoms with Gasteiger partial charge in [0.25, 0.3) is 0 Å². The number of hydrogen-bond donors (Lipinski definition) is 2. The Labute approximate surface area is 144 Å². The normalized spacial score (nSPS) is 18.2. The van der Waals surface area contributed by atoms with Crippen LogP contribution < -0.4 is 10.4 Å². The van der Waals surface area contributed by atoms with Crippen molar-refractivity contribution < 1.29 is 9.84 Å². The molecule has 1 aromatic rings. The Morgan fingerprint density at radius 2 is 2.09 bits per heavy atom. The van der Waals surface area contributed by atoms with Gasteiger partial charge >= 0.3 is 0 Å². The van der Waals surface area contributed by atoms with E-state index in [9.17, 15) is 0 Å². The van der Waals surface area contributed by atoms with Crippen molar-refractivity contribution in [2.45, 2.75) is 58.6 Å². The Morgan fingerprint density at radius 1 is 1.30 bits per heavy atom. The Morgan fingerprint density at radius 3 is 2.70 bits per heavy atom. The number of halogens is 1. The van der Waals surface area contributed by atoms with Gasteiger partial charge < -0.3 is 9.84 Å². The first kappa shape index (κ1) is 18.5. The summed E-state index contributed by atoms with van der Waals surface area (Å²) in [7, 11) is 1.93. The number of nitrogens with zero attached hydrogens (tertiary/aromatic N) is 1. The van der Waals surface area contributed by atoms with Crippen LogP contribution in [0, 0.1) is 13.8 Å². The third kappa shape index (κ3) is 4.38. The molecule has 1 aliphatic heterocycles. The number of rotatable bonds is 7. The zero-order valence-corrected chi connectivity index (χ0v) is 15.2. The topological polar surface area (TPSA) is 44.7 Å². The quantitative estimate of drug-likeness (QED) is 0.586. The summed E-state index contributed by atoms with van der Waals surface area (Å²) in [5.74, 6) is 0. The summed E-state index contributed by atoms with van der Waals surface area (Å²) in [6, 6.07) is 2.05. The molecule has 0 radical (unpaired) electrons. The van der Waals surface area contributed by atoms with Gasteiger partial charge in [-0.15, -0.1) is 0 Å². The molecule has 5 heteroatoms. The van der Waals surface area contributed by atoms with Crippen molar-refractivity contribution in [2.75, 3.05) is 25.3 Å². The molecular formula is C18H29ClN2O2. The summed E-state index contributed by atoms with van der Waals surface area (Å²) < 4.78 is 5.92. The highest BCUT2D eigenvalue weighted by atomic mass is 35.5. The van der Waals surface area contributed by atoms with Crippen LogP contribution in [-0.4, -0.2) is 31.6 Å². The Bertz CT molecular complexity index is 516. The van der Waals surface area contributed by atoms with Crippen LogP contribution in [0.25, 0.3) is 0 Å². The van der Waals surface area contributed by atoms with Gasteiger partial charge in [-0.05, 0) is 75.1 Å². The van der Waals surface area contributed by atoms with Crippen molar-refractivity contribution in [3.05, 3.63) is 27.8 Å². The molecule has 0 saturated carbocycles. The number of aliphatic hydroxyl groups excluding tert-OH is 1. The molecule has 1 aliphatic rings. The molecule has 1 saturated heterocycles. The monoisotopic (exact) mass is 340 g/mol. The van der Waals surface area contributed by atoms with E-state index in [1.54, 1.807) is 0 Å². The SMILES string of the molecule is CNN(c1cc(Cl)c(CCCCO)c(C)c1C)C1CCCCO1. The van der Waals surface area contributed by atoms with E-state index < -0.39 is 0 Å². The zero-order chi connectivity index (χ0) is 16.8. The average molecular weight is 341 g/mol. The van der Waals surface area contributed by atoms with Gasteiger partial charge in [0.2, 0.25) is 0 Å². The molecule has 1 fully saturated rings. The van der Waals surface area contributed by atoms with E-state index in [0.29, 0.717) is 0 Å². The predicted molar refractivity (Wildman–Crippen MR) is 96.1 cm³/mol. The second-order valence-electron chi connectivity index (χ2n) is 6.20. The lowest BCUT2D eigenvalue weighted by molar-refractivity contribution is 0.00907. The molecule has 0 aliphatic carbocycles. The minimum Gasteiger partial charge on any atom is -0.396 e. The second-order valence-corrected chi connectivity index (χ2v) is 6.61. The first-order chi connectivity index (χ1) is 11.1. The van der Waals surface area contributed by atoms with Gasteiger partial charge in [-0.25, -0.2) is 5.43 Å². The Hall–Kier alpha value is -0.810. The number of aliphatic hydroxyl groups is 1. The van der Waals surface area contributed by atoms with Crippen molar-refractivity contribution in [1.82, 2.24) is 5.43 Å². The van der Waals surface area contributed by atoms with Crippen LogP contribution in [0.1, 0.15) is 48.8 Å². The van der Waals surface area contributed by atoms with E-state index in [-0.39, 0.29) is 12.8 Å². The fourth-order valence-electron chi connectivity index (χ4n) is 3.23. The largest absolute Gasteiger partial charge is 0.396 e. The fourth-order valence-corrected chi connectivity index (χ4v) is 3.57. The summed E-state index contributed by atoms with van der Waals surface area (Å²) in [4.78, 5) is 0. The molecule has 1 unspecified atom stereocenters. The zero-order valence-electron chi connectivity index (χ0n) is 14.5. The number of unbranched alkanes of at least 4 members (excludes halogenated alkanes) is 1. The molecule has 1 aromatic carbocycles. The van der Waals surface area contributed by atoms with Gasteiger partial charge in [0.15, 0.2) is 0 Å². The number of hydrogen-bond acceptors (Lipinski definition) is 4. The maximum atomic E-state index is 8.97. The molecule has 2 N–H and O–H groups in total. The maximum absolute atomic E-state index is 8.97. The highest BCUT2D eigenvalue weighted by Crippen LogP contribution is 2.34. The summed E-state index contributed by atoms with van der Waals surface area (Å²) in [5, 5.41) is 11.9. The lowest BCUT2D eigenvalue weighted by atomic mass is 9.97. The average Bonchev–Trinajstić information content (AvgIpc) is 2.57. The molecule has 0 spiro atoms. The standard InChI is InChI=1S/C18H29ClN2O2/c1-13-14(2)17(12-16(19)15(13)8-4-6-10-22)21(20-3)18-9-5-7-11-23-18/h12,18,20,22H,4-11H2,1-3H3. The van der Waals surface area contributed by atoms with Crippen molar-refractivity contribution in [2.24, 2.45) is 0 Å². The second kappa shape index (κ2) is 8.88. The summed E-state index contributed by atoms with van der Waals surface area (Å²) >= 11 is 6.57. The van der Waals surface area contributed by atoms with Crippen molar-refractivity contribution >= 4 is 17.3 Å². The van der Waals surface area contributed by atoms with E-state index in [1.165, 1.54) is 23.1 Å². The molecule has 23 heavy (non-hydrogen) atoms. The van der Waals surface area contributed by atoms with Gasteiger partial charge in [0.1, 0.15) is 6.23 Å². The minimum atomic E-state index is 0.0585. The number of anilines is 1.